The fourth-order valence-corrected chi connectivity index (χ4v) is 3.37. The first-order chi connectivity index (χ1) is 11.3. The summed E-state index contributed by atoms with van der Waals surface area (Å²) in [7, 11) is 0. The van der Waals surface area contributed by atoms with Crippen LogP contribution >= 0.6 is 12.2 Å². The SMILES string of the molecule is S=C(NCc1ccc(CN2CCCC2)cc1)NC[C@H]1CCCO1. The van der Waals surface area contributed by atoms with Crippen LogP contribution in [-0.4, -0.2) is 42.4 Å². The molecule has 2 saturated heterocycles. The largest absolute Gasteiger partial charge is 0.376 e. The zero-order chi connectivity index (χ0) is 15.9. The van der Waals surface area contributed by atoms with Gasteiger partial charge >= 0.3 is 0 Å². The lowest BCUT2D eigenvalue weighted by molar-refractivity contribution is 0.114. The van der Waals surface area contributed by atoms with Crippen LogP contribution in [0.2, 0.25) is 0 Å². The smallest absolute Gasteiger partial charge is 0.166 e. The summed E-state index contributed by atoms with van der Waals surface area (Å²) < 4.78 is 5.58. The minimum atomic E-state index is 0.319. The van der Waals surface area contributed by atoms with E-state index < -0.39 is 0 Å². The summed E-state index contributed by atoms with van der Waals surface area (Å²) in [5.74, 6) is 0. The Balaban J connectivity index is 1.36. The predicted octanol–water partition coefficient (Wildman–Crippen LogP) is 2.43. The zero-order valence-electron chi connectivity index (χ0n) is 13.7. The Morgan fingerprint density at radius 2 is 1.83 bits per heavy atom. The van der Waals surface area contributed by atoms with Gasteiger partial charge in [0.05, 0.1) is 6.10 Å². The highest BCUT2D eigenvalue weighted by molar-refractivity contribution is 7.80. The highest BCUT2D eigenvalue weighted by Crippen LogP contribution is 2.13. The van der Waals surface area contributed by atoms with Crippen molar-refractivity contribution >= 4 is 17.3 Å². The van der Waals surface area contributed by atoms with Crippen molar-refractivity contribution in [2.45, 2.75) is 44.9 Å². The quantitative estimate of drug-likeness (QED) is 0.782. The van der Waals surface area contributed by atoms with Crippen LogP contribution in [0.25, 0.3) is 0 Å². The lowest BCUT2D eigenvalue weighted by Gasteiger charge is -2.15. The van der Waals surface area contributed by atoms with Gasteiger partial charge in [0.2, 0.25) is 0 Å². The van der Waals surface area contributed by atoms with Crippen LogP contribution in [0.1, 0.15) is 36.8 Å². The van der Waals surface area contributed by atoms with E-state index in [1.165, 1.54) is 37.1 Å². The second kappa shape index (κ2) is 8.62. The third-order valence-corrected chi connectivity index (χ3v) is 4.88. The molecule has 1 aromatic rings. The van der Waals surface area contributed by atoms with Gasteiger partial charge in [0.25, 0.3) is 0 Å². The number of nitrogens with one attached hydrogen (secondary N) is 2. The average molecular weight is 334 g/mol. The molecule has 126 valence electrons. The highest BCUT2D eigenvalue weighted by Gasteiger charge is 2.15. The van der Waals surface area contributed by atoms with Crippen molar-refractivity contribution in [3.8, 4) is 0 Å². The lowest BCUT2D eigenvalue weighted by atomic mass is 10.1. The summed E-state index contributed by atoms with van der Waals surface area (Å²) in [5, 5.41) is 7.22. The molecule has 0 unspecified atom stereocenters. The molecular formula is C18H27N3OS. The first-order valence-corrected chi connectivity index (χ1v) is 9.14. The summed E-state index contributed by atoms with van der Waals surface area (Å²) in [5.41, 5.74) is 2.66. The van der Waals surface area contributed by atoms with E-state index in [0.29, 0.717) is 11.2 Å². The summed E-state index contributed by atoms with van der Waals surface area (Å²) in [6, 6.07) is 8.86. The Morgan fingerprint density at radius 3 is 2.52 bits per heavy atom. The molecule has 2 aliphatic rings. The third-order valence-electron chi connectivity index (χ3n) is 4.60. The minimum absolute atomic E-state index is 0.319. The normalized spacial score (nSPS) is 21.5. The van der Waals surface area contributed by atoms with Crippen LogP contribution in [-0.2, 0) is 17.8 Å². The number of likely N-dealkylation sites (tertiary alicyclic amines) is 1. The molecule has 0 radical (unpaired) electrons. The molecule has 4 nitrogen and oxygen atoms in total. The molecule has 1 aromatic carbocycles. The molecule has 2 fully saturated rings. The van der Waals surface area contributed by atoms with Gasteiger partial charge in [0, 0.05) is 26.2 Å². The summed E-state index contributed by atoms with van der Waals surface area (Å²) >= 11 is 5.32. The van der Waals surface area contributed by atoms with E-state index in [0.717, 1.165) is 39.1 Å². The second-order valence-electron chi connectivity index (χ2n) is 6.50. The van der Waals surface area contributed by atoms with Gasteiger partial charge in [-0.25, -0.2) is 0 Å². The first kappa shape index (κ1) is 16.7. The number of ether oxygens (including phenoxy) is 1. The van der Waals surface area contributed by atoms with Gasteiger partial charge < -0.3 is 15.4 Å². The number of hydrogen-bond acceptors (Lipinski definition) is 3. The van der Waals surface area contributed by atoms with Crippen molar-refractivity contribution in [3.05, 3.63) is 35.4 Å². The molecule has 2 N–H and O–H groups in total. The standard InChI is InChI=1S/C18H27N3OS/c23-18(20-13-17-4-3-11-22-17)19-12-15-5-7-16(8-6-15)14-21-9-1-2-10-21/h5-8,17H,1-4,9-14H2,(H2,19,20,23)/t17-/m1/s1. The van der Waals surface area contributed by atoms with Gasteiger partial charge in [-0.05, 0) is 62.1 Å². The molecule has 5 heteroatoms. The maximum atomic E-state index is 5.58. The van der Waals surface area contributed by atoms with Crippen molar-refractivity contribution in [2.24, 2.45) is 0 Å². The fraction of sp³-hybridized carbons (Fsp3) is 0.611. The van der Waals surface area contributed by atoms with Crippen LogP contribution < -0.4 is 10.6 Å². The van der Waals surface area contributed by atoms with E-state index in [4.69, 9.17) is 17.0 Å². The Hall–Kier alpha value is -1.17. The number of thiocarbonyl (C=S) groups is 1. The number of benzene rings is 1. The lowest BCUT2D eigenvalue weighted by Crippen LogP contribution is -2.39. The number of nitrogens with zero attached hydrogens (tertiary/aromatic N) is 1. The van der Waals surface area contributed by atoms with E-state index in [-0.39, 0.29) is 0 Å². The number of rotatable bonds is 6. The van der Waals surface area contributed by atoms with E-state index in [1.807, 2.05) is 0 Å². The van der Waals surface area contributed by atoms with Gasteiger partial charge in [-0.3, -0.25) is 4.90 Å². The topological polar surface area (TPSA) is 36.5 Å². The molecule has 0 aliphatic carbocycles. The van der Waals surface area contributed by atoms with E-state index in [1.54, 1.807) is 0 Å². The van der Waals surface area contributed by atoms with Crippen molar-refractivity contribution < 1.29 is 4.74 Å². The van der Waals surface area contributed by atoms with Crippen LogP contribution in [0.4, 0.5) is 0 Å². The molecule has 0 spiro atoms. The van der Waals surface area contributed by atoms with Gasteiger partial charge in [0.15, 0.2) is 5.11 Å². The molecule has 3 rings (SSSR count). The molecule has 0 saturated carbocycles. The van der Waals surface area contributed by atoms with Crippen LogP contribution in [0.3, 0.4) is 0 Å². The second-order valence-corrected chi connectivity index (χ2v) is 6.91. The predicted molar refractivity (Wildman–Crippen MR) is 97.4 cm³/mol. The fourth-order valence-electron chi connectivity index (χ4n) is 3.22. The average Bonchev–Trinajstić information content (AvgIpc) is 3.26. The first-order valence-electron chi connectivity index (χ1n) is 8.73. The van der Waals surface area contributed by atoms with Crippen LogP contribution in [0.5, 0.6) is 0 Å². The third kappa shape index (κ3) is 5.44. The van der Waals surface area contributed by atoms with E-state index in [9.17, 15) is 0 Å². The summed E-state index contributed by atoms with van der Waals surface area (Å²) in [6.45, 7) is 6.02. The van der Waals surface area contributed by atoms with Crippen molar-refractivity contribution in [3.63, 3.8) is 0 Å². The molecule has 2 aliphatic heterocycles. The van der Waals surface area contributed by atoms with Gasteiger partial charge in [-0.15, -0.1) is 0 Å². The zero-order valence-corrected chi connectivity index (χ0v) is 14.5. The summed E-state index contributed by atoms with van der Waals surface area (Å²) in [6.07, 6.45) is 5.31. The van der Waals surface area contributed by atoms with E-state index >= 15 is 0 Å². The molecule has 23 heavy (non-hydrogen) atoms. The molecule has 0 bridgehead atoms. The molecule has 0 aromatic heterocycles. The Labute approximate surface area is 144 Å². The number of hydrogen-bond donors (Lipinski definition) is 2. The maximum absolute atomic E-state index is 5.58. The van der Waals surface area contributed by atoms with Crippen molar-refractivity contribution in [1.82, 2.24) is 15.5 Å². The Morgan fingerprint density at radius 1 is 1.09 bits per heavy atom. The summed E-state index contributed by atoms with van der Waals surface area (Å²) in [4.78, 5) is 2.53. The molecule has 0 amide bonds. The minimum Gasteiger partial charge on any atom is -0.376 e. The molecule has 1 atom stereocenters. The van der Waals surface area contributed by atoms with Crippen LogP contribution in [0, 0.1) is 0 Å². The molecule has 2 heterocycles. The van der Waals surface area contributed by atoms with Gasteiger partial charge in [0.1, 0.15) is 0 Å². The van der Waals surface area contributed by atoms with Crippen molar-refractivity contribution in [1.29, 1.82) is 0 Å². The van der Waals surface area contributed by atoms with Gasteiger partial charge in [-0.1, -0.05) is 24.3 Å². The Kier molecular flexibility index (Phi) is 6.25. The van der Waals surface area contributed by atoms with Crippen LogP contribution in [0.15, 0.2) is 24.3 Å². The highest BCUT2D eigenvalue weighted by atomic mass is 32.1. The van der Waals surface area contributed by atoms with Crippen molar-refractivity contribution in [2.75, 3.05) is 26.2 Å². The van der Waals surface area contributed by atoms with E-state index in [2.05, 4.69) is 39.8 Å². The maximum Gasteiger partial charge on any atom is 0.166 e. The van der Waals surface area contributed by atoms with Gasteiger partial charge in [-0.2, -0.15) is 0 Å². The molecular weight excluding hydrogens is 306 g/mol. The monoisotopic (exact) mass is 333 g/mol. The Bertz CT molecular complexity index is 493.